The Bertz CT molecular complexity index is 1380. The minimum Gasteiger partial charge on any atom is -0.497 e. The maximum absolute atomic E-state index is 13.4. The Kier molecular flexibility index (Phi) is 8.05. The summed E-state index contributed by atoms with van der Waals surface area (Å²) in [4.78, 5) is 23.1. The molecule has 0 atom stereocenters. The van der Waals surface area contributed by atoms with Crippen LogP contribution in [-0.2, 0) is 14.8 Å². The SMILES string of the molecule is COc1ccc(S(=O)(=O)N(CC(=O)N/N=C(/C)c2cccc([N+](=O)[O-])c2)c2cccc(Cl)c2)cc1. The van der Waals surface area contributed by atoms with Crippen LogP contribution in [0.25, 0.3) is 0 Å². The molecule has 0 saturated carbocycles. The number of nitrogens with one attached hydrogen (secondary N) is 1. The first-order valence-corrected chi connectivity index (χ1v) is 11.9. The molecule has 0 bridgehead atoms. The number of hydrogen-bond donors (Lipinski definition) is 1. The Labute approximate surface area is 207 Å². The first-order chi connectivity index (χ1) is 16.6. The summed E-state index contributed by atoms with van der Waals surface area (Å²) in [5, 5.41) is 15.2. The van der Waals surface area contributed by atoms with Gasteiger partial charge in [0.25, 0.3) is 21.6 Å². The van der Waals surface area contributed by atoms with Crippen molar-refractivity contribution in [3.63, 3.8) is 0 Å². The highest BCUT2D eigenvalue weighted by Crippen LogP contribution is 2.27. The molecule has 0 aliphatic heterocycles. The number of carbonyl (C=O) groups is 1. The van der Waals surface area contributed by atoms with Crippen molar-refractivity contribution < 1.29 is 22.9 Å². The number of methoxy groups -OCH3 is 1. The Hall–Kier alpha value is -3.96. The van der Waals surface area contributed by atoms with E-state index in [9.17, 15) is 23.3 Å². The van der Waals surface area contributed by atoms with E-state index in [-0.39, 0.29) is 21.3 Å². The van der Waals surface area contributed by atoms with E-state index in [0.29, 0.717) is 17.0 Å². The molecule has 0 saturated heterocycles. The van der Waals surface area contributed by atoms with Crippen molar-refractivity contribution in [3.05, 3.63) is 93.5 Å². The van der Waals surface area contributed by atoms with E-state index in [4.69, 9.17) is 16.3 Å². The zero-order valence-corrected chi connectivity index (χ0v) is 20.3. The first kappa shape index (κ1) is 25.7. The van der Waals surface area contributed by atoms with Gasteiger partial charge in [-0.2, -0.15) is 5.10 Å². The van der Waals surface area contributed by atoms with Gasteiger partial charge in [-0.25, -0.2) is 13.8 Å². The van der Waals surface area contributed by atoms with Gasteiger partial charge in [-0.15, -0.1) is 0 Å². The largest absolute Gasteiger partial charge is 0.497 e. The summed E-state index contributed by atoms with van der Waals surface area (Å²) in [6.45, 7) is 0.961. The molecule has 0 radical (unpaired) electrons. The highest BCUT2D eigenvalue weighted by Gasteiger charge is 2.27. The molecule has 0 spiro atoms. The van der Waals surface area contributed by atoms with Crippen LogP contribution in [0.1, 0.15) is 12.5 Å². The van der Waals surface area contributed by atoms with E-state index in [2.05, 4.69) is 10.5 Å². The molecule has 10 nitrogen and oxygen atoms in total. The second-order valence-corrected chi connectivity index (χ2v) is 9.51. The number of amides is 1. The van der Waals surface area contributed by atoms with Gasteiger partial charge in [0.1, 0.15) is 12.3 Å². The van der Waals surface area contributed by atoms with E-state index in [1.807, 2.05) is 0 Å². The van der Waals surface area contributed by atoms with E-state index in [0.717, 1.165) is 4.31 Å². The number of nitrogens with zero attached hydrogens (tertiary/aromatic N) is 3. The van der Waals surface area contributed by atoms with Gasteiger partial charge in [-0.1, -0.05) is 29.8 Å². The third-order valence-corrected chi connectivity index (χ3v) is 6.88. The summed E-state index contributed by atoms with van der Waals surface area (Å²) in [7, 11) is -2.70. The third kappa shape index (κ3) is 6.34. The molecule has 3 rings (SSSR count). The highest BCUT2D eigenvalue weighted by molar-refractivity contribution is 7.92. The van der Waals surface area contributed by atoms with Crippen molar-refractivity contribution in [1.82, 2.24) is 5.43 Å². The minimum atomic E-state index is -4.16. The molecule has 182 valence electrons. The van der Waals surface area contributed by atoms with Gasteiger partial charge in [0.15, 0.2) is 0 Å². The van der Waals surface area contributed by atoms with Gasteiger partial charge in [-0.05, 0) is 49.4 Å². The van der Waals surface area contributed by atoms with Crippen LogP contribution in [0.2, 0.25) is 5.02 Å². The summed E-state index contributed by atoms with van der Waals surface area (Å²) >= 11 is 6.06. The van der Waals surface area contributed by atoms with E-state index in [1.54, 1.807) is 25.1 Å². The van der Waals surface area contributed by atoms with Crippen LogP contribution in [0.4, 0.5) is 11.4 Å². The number of halogens is 1. The molecule has 0 aliphatic carbocycles. The number of rotatable bonds is 9. The number of hydrogen-bond acceptors (Lipinski definition) is 7. The van der Waals surface area contributed by atoms with E-state index in [1.165, 1.54) is 61.7 Å². The number of benzene rings is 3. The summed E-state index contributed by atoms with van der Waals surface area (Å²) < 4.78 is 32.8. The lowest BCUT2D eigenvalue weighted by Gasteiger charge is -2.24. The van der Waals surface area contributed by atoms with Crippen LogP contribution in [0, 0.1) is 10.1 Å². The molecule has 3 aromatic carbocycles. The Morgan fingerprint density at radius 1 is 1.11 bits per heavy atom. The molecule has 1 N–H and O–H groups in total. The van der Waals surface area contributed by atoms with E-state index >= 15 is 0 Å². The van der Waals surface area contributed by atoms with Crippen LogP contribution >= 0.6 is 11.6 Å². The fourth-order valence-electron chi connectivity index (χ4n) is 3.04. The summed E-state index contributed by atoms with van der Waals surface area (Å²) in [6, 6.07) is 17.6. The van der Waals surface area contributed by atoms with Crippen LogP contribution < -0.4 is 14.5 Å². The lowest BCUT2D eigenvalue weighted by atomic mass is 10.1. The number of nitro groups is 1. The minimum absolute atomic E-state index is 0.0534. The second-order valence-electron chi connectivity index (χ2n) is 7.21. The van der Waals surface area contributed by atoms with Gasteiger partial charge in [0.2, 0.25) is 0 Å². The fourth-order valence-corrected chi connectivity index (χ4v) is 4.64. The fraction of sp³-hybridized carbons (Fsp3) is 0.130. The molecule has 3 aromatic rings. The van der Waals surface area contributed by atoms with Crippen molar-refractivity contribution in [1.29, 1.82) is 0 Å². The average molecular weight is 517 g/mol. The van der Waals surface area contributed by atoms with Crippen LogP contribution in [0.5, 0.6) is 5.75 Å². The smallest absolute Gasteiger partial charge is 0.270 e. The predicted octanol–water partition coefficient (Wildman–Crippen LogP) is 3.99. The lowest BCUT2D eigenvalue weighted by molar-refractivity contribution is -0.384. The Balaban J connectivity index is 1.87. The Morgan fingerprint density at radius 2 is 1.80 bits per heavy atom. The number of non-ortho nitro benzene ring substituents is 1. The van der Waals surface area contributed by atoms with Crippen molar-refractivity contribution in [3.8, 4) is 5.75 Å². The summed E-state index contributed by atoms with van der Waals surface area (Å²) in [5.41, 5.74) is 3.09. The maximum Gasteiger partial charge on any atom is 0.270 e. The highest BCUT2D eigenvalue weighted by atomic mass is 35.5. The maximum atomic E-state index is 13.4. The molecular weight excluding hydrogens is 496 g/mol. The zero-order valence-electron chi connectivity index (χ0n) is 18.7. The molecule has 0 heterocycles. The first-order valence-electron chi connectivity index (χ1n) is 10.1. The number of anilines is 1. The topological polar surface area (TPSA) is 131 Å². The third-order valence-electron chi connectivity index (χ3n) is 4.85. The number of carbonyl (C=O) groups excluding carboxylic acids is 1. The van der Waals surface area contributed by atoms with Crippen molar-refractivity contribution >= 4 is 44.6 Å². The molecule has 0 aromatic heterocycles. The van der Waals surface area contributed by atoms with Crippen LogP contribution in [0.15, 0.2) is 82.8 Å². The summed E-state index contributed by atoms with van der Waals surface area (Å²) in [5.74, 6) is -0.256. The standard InChI is InChI=1S/C23H21ClN4O6S/c1-16(17-5-3-8-20(13-17)28(30)31)25-26-23(29)15-27(19-7-4-6-18(24)14-19)35(32,33)22-11-9-21(34-2)10-12-22/h3-14H,15H2,1-2H3,(H,26,29)/b25-16-. The van der Waals surface area contributed by atoms with Gasteiger partial charge < -0.3 is 4.74 Å². The molecule has 0 unspecified atom stereocenters. The average Bonchev–Trinajstić information content (AvgIpc) is 2.85. The molecular formula is C23H21ClN4O6S. The van der Waals surface area contributed by atoms with Crippen LogP contribution in [0.3, 0.4) is 0 Å². The molecule has 0 aliphatic rings. The lowest BCUT2D eigenvalue weighted by Crippen LogP contribution is -2.39. The summed E-state index contributed by atoms with van der Waals surface area (Å²) in [6.07, 6.45) is 0. The van der Waals surface area contributed by atoms with Gasteiger partial charge in [-0.3, -0.25) is 19.2 Å². The number of sulfonamides is 1. The molecule has 35 heavy (non-hydrogen) atoms. The number of nitro benzene ring substituents is 1. The number of hydrazone groups is 1. The van der Waals surface area contributed by atoms with Gasteiger partial charge in [0, 0.05) is 22.7 Å². The normalized spacial score (nSPS) is 11.6. The molecule has 0 fully saturated rings. The van der Waals surface area contributed by atoms with Gasteiger partial charge >= 0.3 is 0 Å². The van der Waals surface area contributed by atoms with E-state index < -0.39 is 27.4 Å². The molecule has 1 amide bonds. The van der Waals surface area contributed by atoms with Crippen molar-refractivity contribution in [2.75, 3.05) is 18.0 Å². The Morgan fingerprint density at radius 3 is 2.43 bits per heavy atom. The van der Waals surface area contributed by atoms with Crippen molar-refractivity contribution in [2.45, 2.75) is 11.8 Å². The second kappa shape index (κ2) is 11.0. The predicted molar refractivity (Wildman–Crippen MR) is 132 cm³/mol. The molecule has 12 heteroatoms. The van der Waals surface area contributed by atoms with Crippen LogP contribution in [-0.4, -0.2) is 38.6 Å². The monoisotopic (exact) mass is 516 g/mol. The van der Waals surface area contributed by atoms with Gasteiger partial charge in [0.05, 0.1) is 28.3 Å². The quantitative estimate of drug-likeness (QED) is 0.260. The zero-order chi connectivity index (χ0) is 25.6. The number of ether oxygens (including phenoxy) is 1. The van der Waals surface area contributed by atoms with Crippen molar-refractivity contribution in [2.24, 2.45) is 5.10 Å².